The van der Waals surface area contributed by atoms with Gasteiger partial charge < -0.3 is 9.88 Å². The van der Waals surface area contributed by atoms with Crippen LogP contribution in [0, 0.1) is 24.2 Å². The number of alkyl halides is 3. The second-order valence-corrected chi connectivity index (χ2v) is 6.97. The molecule has 33 heavy (non-hydrogen) atoms. The molecular weight excluding hydrogens is 440 g/mol. The first kappa shape index (κ1) is 21.8. The number of aromatic nitrogens is 4. The number of anilines is 1. The Kier molecular flexibility index (Phi) is 5.43. The maximum atomic E-state index is 13.3. The minimum absolute atomic E-state index is 0.127. The van der Waals surface area contributed by atoms with E-state index in [4.69, 9.17) is 5.26 Å². The van der Waals surface area contributed by atoms with Gasteiger partial charge in [0.05, 0.1) is 23.5 Å². The molecule has 11 heteroatoms. The van der Waals surface area contributed by atoms with Crippen LogP contribution >= 0.6 is 0 Å². The minimum atomic E-state index is -4.77. The Morgan fingerprint density at radius 2 is 1.82 bits per heavy atom. The van der Waals surface area contributed by atoms with Gasteiger partial charge in [-0.1, -0.05) is 6.07 Å². The molecule has 0 atom stereocenters. The Labute approximate surface area is 184 Å². The van der Waals surface area contributed by atoms with E-state index in [1.54, 1.807) is 19.1 Å². The number of nitrogens with one attached hydrogen (secondary N) is 1. The highest BCUT2D eigenvalue weighted by Crippen LogP contribution is 2.30. The van der Waals surface area contributed by atoms with Crippen LogP contribution in [0.3, 0.4) is 0 Å². The Balaban J connectivity index is 1.66. The van der Waals surface area contributed by atoms with Crippen molar-refractivity contribution in [3.05, 3.63) is 89.5 Å². The van der Waals surface area contributed by atoms with E-state index >= 15 is 0 Å². The lowest BCUT2D eigenvalue weighted by atomic mass is 10.2. The van der Waals surface area contributed by atoms with Crippen molar-refractivity contribution in [1.29, 1.82) is 5.26 Å². The average Bonchev–Trinajstić information content (AvgIpc) is 3.38. The van der Waals surface area contributed by atoms with Gasteiger partial charge in [0.1, 0.15) is 11.5 Å². The number of hydrogen-bond donors (Lipinski definition) is 1. The molecule has 2 aromatic carbocycles. The average molecular weight is 454 g/mol. The molecule has 0 unspecified atom stereocenters. The summed E-state index contributed by atoms with van der Waals surface area (Å²) in [5.74, 6) is -1.05. The van der Waals surface area contributed by atoms with E-state index in [2.05, 4.69) is 15.4 Å². The molecule has 0 saturated heterocycles. The molecule has 0 fully saturated rings. The molecule has 0 bridgehead atoms. The maximum absolute atomic E-state index is 13.3. The number of carbonyl (C=O) groups is 1. The molecule has 166 valence electrons. The van der Waals surface area contributed by atoms with Crippen LogP contribution in [0.1, 0.15) is 27.6 Å². The second-order valence-electron chi connectivity index (χ2n) is 6.97. The summed E-state index contributed by atoms with van der Waals surface area (Å²) in [6.45, 7) is 1.62. The van der Waals surface area contributed by atoms with Crippen molar-refractivity contribution in [2.45, 2.75) is 13.1 Å². The molecule has 4 rings (SSSR count). The van der Waals surface area contributed by atoms with Gasteiger partial charge in [-0.25, -0.2) is 9.67 Å². The third-order valence-electron chi connectivity index (χ3n) is 4.71. The molecule has 0 aliphatic rings. The molecule has 0 spiro atoms. The summed E-state index contributed by atoms with van der Waals surface area (Å²) in [6.07, 6.45) is -3.57. The number of benzene rings is 2. The Morgan fingerprint density at radius 3 is 2.42 bits per heavy atom. The van der Waals surface area contributed by atoms with Crippen molar-refractivity contribution in [1.82, 2.24) is 19.3 Å². The van der Waals surface area contributed by atoms with Gasteiger partial charge in [-0.3, -0.25) is 4.79 Å². The normalized spacial score (nSPS) is 11.3. The molecule has 2 heterocycles. The lowest BCUT2D eigenvalue weighted by molar-refractivity contribution is -0.141. The highest BCUT2D eigenvalue weighted by molar-refractivity contribution is 6.03. The number of rotatable bonds is 4. The Hall–Kier alpha value is -4.46. The monoisotopic (exact) mass is 454 g/mol. The molecule has 0 aliphatic heterocycles. The molecule has 0 radical (unpaired) electrons. The topological polar surface area (TPSA) is 88.5 Å². The van der Waals surface area contributed by atoms with E-state index in [0.717, 1.165) is 4.68 Å². The number of halogens is 4. The predicted molar refractivity (Wildman–Crippen MR) is 109 cm³/mol. The van der Waals surface area contributed by atoms with Crippen molar-refractivity contribution in [3.63, 3.8) is 0 Å². The fraction of sp³-hybridized carbons (Fsp3) is 0.0909. The second kappa shape index (κ2) is 8.23. The zero-order valence-corrected chi connectivity index (χ0v) is 16.9. The standard InChI is InChI=1S/C22H14F4N6O/c1-13-28-20(23)12-31(13)16-7-5-15(6-8-16)29-21(33)18-10-19(22(24,25)26)30-32(18)17-4-2-3-14(9-17)11-27/h2-10,12H,1H3,(H,29,33). The van der Waals surface area contributed by atoms with Crippen LogP contribution in [0.25, 0.3) is 11.4 Å². The van der Waals surface area contributed by atoms with E-state index in [-0.39, 0.29) is 16.9 Å². The van der Waals surface area contributed by atoms with E-state index in [0.29, 0.717) is 23.3 Å². The van der Waals surface area contributed by atoms with Crippen molar-refractivity contribution in [2.75, 3.05) is 5.32 Å². The SMILES string of the molecule is Cc1nc(F)cn1-c1ccc(NC(=O)c2cc(C(F)(F)F)nn2-c2cccc(C#N)c2)cc1. The predicted octanol–water partition coefficient (Wildman–Crippen LogP) is 4.65. The number of amides is 1. The lowest BCUT2D eigenvalue weighted by Gasteiger charge is -2.10. The Bertz CT molecular complexity index is 1380. The van der Waals surface area contributed by atoms with Gasteiger partial charge >= 0.3 is 6.18 Å². The summed E-state index contributed by atoms with van der Waals surface area (Å²) in [6, 6.07) is 14.5. The fourth-order valence-corrected chi connectivity index (χ4v) is 3.18. The zero-order chi connectivity index (χ0) is 23.8. The molecule has 0 saturated carbocycles. The molecule has 4 aromatic rings. The molecule has 1 amide bonds. The van der Waals surface area contributed by atoms with E-state index < -0.39 is 23.7 Å². The summed E-state index contributed by atoms with van der Waals surface area (Å²) in [4.78, 5) is 16.5. The minimum Gasteiger partial charge on any atom is -0.321 e. The van der Waals surface area contributed by atoms with Crippen LogP contribution in [0.5, 0.6) is 0 Å². The number of nitrogens with zero attached hydrogens (tertiary/aromatic N) is 5. The summed E-state index contributed by atoms with van der Waals surface area (Å²) >= 11 is 0. The maximum Gasteiger partial charge on any atom is 0.435 e. The first-order valence-corrected chi connectivity index (χ1v) is 9.47. The summed E-state index contributed by atoms with van der Waals surface area (Å²) in [5.41, 5.74) is -0.405. The summed E-state index contributed by atoms with van der Waals surface area (Å²) in [5, 5.41) is 15.1. The van der Waals surface area contributed by atoms with E-state index in [9.17, 15) is 22.4 Å². The number of nitriles is 1. The largest absolute Gasteiger partial charge is 0.435 e. The third-order valence-corrected chi connectivity index (χ3v) is 4.71. The van der Waals surface area contributed by atoms with E-state index in [1.807, 2.05) is 6.07 Å². The van der Waals surface area contributed by atoms with E-state index in [1.165, 1.54) is 47.2 Å². The Morgan fingerprint density at radius 1 is 1.09 bits per heavy atom. The van der Waals surface area contributed by atoms with Crippen LogP contribution in [0.2, 0.25) is 0 Å². The van der Waals surface area contributed by atoms with Gasteiger partial charge in [0.2, 0.25) is 5.95 Å². The molecule has 7 nitrogen and oxygen atoms in total. The van der Waals surface area contributed by atoms with Crippen LogP contribution in [0.15, 0.2) is 60.8 Å². The first-order chi connectivity index (χ1) is 15.7. The smallest absolute Gasteiger partial charge is 0.321 e. The van der Waals surface area contributed by atoms with Gasteiger partial charge in [-0.05, 0) is 49.4 Å². The van der Waals surface area contributed by atoms with Crippen molar-refractivity contribution < 1.29 is 22.4 Å². The lowest BCUT2D eigenvalue weighted by Crippen LogP contribution is -2.17. The highest BCUT2D eigenvalue weighted by Gasteiger charge is 2.36. The number of carbonyl (C=O) groups excluding carboxylic acids is 1. The van der Waals surface area contributed by atoms with Crippen molar-refractivity contribution in [3.8, 4) is 17.4 Å². The summed E-state index contributed by atoms with van der Waals surface area (Å²) < 4.78 is 55.5. The fourth-order valence-electron chi connectivity index (χ4n) is 3.18. The molecular formula is C22H14F4N6O. The van der Waals surface area contributed by atoms with Gasteiger partial charge in [-0.15, -0.1) is 0 Å². The van der Waals surface area contributed by atoms with Crippen LogP contribution in [0.4, 0.5) is 23.2 Å². The molecule has 1 N–H and O–H groups in total. The van der Waals surface area contributed by atoms with Gasteiger partial charge in [0, 0.05) is 17.4 Å². The zero-order valence-electron chi connectivity index (χ0n) is 16.9. The molecule has 2 aromatic heterocycles. The van der Waals surface area contributed by atoms with Crippen molar-refractivity contribution in [2.24, 2.45) is 0 Å². The van der Waals surface area contributed by atoms with Gasteiger partial charge in [0.15, 0.2) is 5.69 Å². The summed E-state index contributed by atoms with van der Waals surface area (Å²) in [7, 11) is 0. The quantitative estimate of drug-likeness (QED) is 0.455. The van der Waals surface area contributed by atoms with Gasteiger partial charge in [-0.2, -0.15) is 27.9 Å². The van der Waals surface area contributed by atoms with Crippen LogP contribution in [-0.2, 0) is 6.18 Å². The van der Waals surface area contributed by atoms with Crippen LogP contribution < -0.4 is 5.32 Å². The number of aryl methyl sites for hydroxylation is 1. The third kappa shape index (κ3) is 4.45. The number of hydrogen-bond acceptors (Lipinski definition) is 4. The number of imidazole rings is 1. The van der Waals surface area contributed by atoms with Crippen LogP contribution in [-0.4, -0.2) is 25.2 Å². The highest BCUT2D eigenvalue weighted by atomic mass is 19.4. The molecule has 0 aliphatic carbocycles. The first-order valence-electron chi connectivity index (χ1n) is 9.47. The van der Waals surface area contributed by atoms with Gasteiger partial charge in [0.25, 0.3) is 5.91 Å². The van der Waals surface area contributed by atoms with Crippen molar-refractivity contribution >= 4 is 11.6 Å².